The summed E-state index contributed by atoms with van der Waals surface area (Å²) in [5.41, 5.74) is 1.04. The van der Waals surface area contributed by atoms with Crippen molar-refractivity contribution in [2.45, 2.75) is 44.9 Å². The molecule has 1 N–H and O–H groups in total. The molecule has 0 fully saturated rings. The van der Waals surface area contributed by atoms with E-state index in [1.165, 1.54) is 18.2 Å². The molecule has 0 bridgehead atoms. The minimum atomic E-state index is -0.959. The maximum absolute atomic E-state index is 12.8. The van der Waals surface area contributed by atoms with Crippen molar-refractivity contribution < 1.29 is 24.1 Å². The molecule has 0 spiro atoms. The zero-order chi connectivity index (χ0) is 22.4. The van der Waals surface area contributed by atoms with Gasteiger partial charge in [0.25, 0.3) is 11.6 Å². The molecular formula is C22H23N3O6. The lowest BCUT2D eigenvalue weighted by molar-refractivity contribution is -0.385. The second-order valence-electron chi connectivity index (χ2n) is 7.33. The lowest BCUT2D eigenvalue weighted by Gasteiger charge is -2.19. The number of carbonyl (C=O) groups is 2. The Morgan fingerprint density at radius 3 is 2.55 bits per heavy atom. The first kappa shape index (κ1) is 21.9. The summed E-state index contributed by atoms with van der Waals surface area (Å²) in [7, 11) is 0. The number of amides is 1. The normalized spacial score (nSPS) is 16.2. The number of hydrogen-bond acceptors (Lipinski definition) is 7. The quantitative estimate of drug-likeness (QED) is 0.392. The van der Waals surface area contributed by atoms with Crippen LogP contribution in [0.15, 0.2) is 59.8 Å². The van der Waals surface area contributed by atoms with Crippen molar-refractivity contribution in [2.75, 3.05) is 0 Å². The number of nitro benzene ring substituents is 1. The van der Waals surface area contributed by atoms with Crippen LogP contribution in [0.2, 0.25) is 0 Å². The van der Waals surface area contributed by atoms with Crippen LogP contribution in [0, 0.1) is 10.1 Å². The fourth-order valence-electron chi connectivity index (χ4n) is 3.26. The highest BCUT2D eigenvalue weighted by molar-refractivity contribution is 6.39. The summed E-state index contributed by atoms with van der Waals surface area (Å²) < 4.78 is 5.17. The van der Waals surface area contributed by atoms with Gasteiger partial charge in [0.1, 0.15) is 5.71 Å². The lowest BCUT2D eigenvalue weighted by atomic mass is 10.00. The average Bonchev–Trinajstić information content (AvgIpc) is 3.24. The predicted octanol–water partition coefficient (Wildman–Crippen LogP) is 3.61. The molecule has 31 heavy (non-hydrogen) atoms. The van der Waals surface area contributed by atoms with Crippen LogP contribution >= 0.6 is 0 Å². The van der Waals surface area contributed by atoms with Crippen molar-refractivity contribution in [3.05, 3.63) is 75.8 Å². The van der Waals surface area contributed by atoms with Crippen molar-refractivity contribution in [1.29, 1.82) is 0 Å². The number of benzene rings is 2. The molecule has 0 aliphatic carbocycles. The molecule has 2 atom stereocenters. The van der Waals surface area contributed by atoms with Crippen LogP contribution in [0.25, 0.3) is 0 Å². The third-order valence-electron chi connectivity index (χ3n) is 4.65. The maximum atomic E-state index is 12.8. The van der Waals surface area contributed by atoms with Gasteiger partial charge in [-0.2, -0.15) is 0 Å². The summed E-state index contributed by atoms with van der Waals surface area (Å²) in [5, 5.41) is 18.0. The largest absolute Gasteiger partial charge is 0.463 e. The van der Waals surface area contributed by atoms with E-state index >= 15 is 0 Å². The number of nitro groups is 1. The van der Waals surface area contributed by atoms with Gasteiger partial charge in [-0.05, 0) is 19.4 Å². The Hall–Kier alpha value is -3.75. The lowest BCUT2D eigenvalue weighted by Crippen LogP contribution is -2.35. The molecule has 0 saturated heterocycles. The van der Waals surface area contributed by atoms with Gasteiger partial charge in [-0.1, -0.05) is 53.7 Å². The van der Waals surface area contributed by atoms with E-state index in [2.05, 4.69) is 10.5 Å². The fourth-order valence-corrected chi connectivity index (χ4v) is 3.26. The van der Waals surface area contributed by atoms with Crippen LogP contribution in [0.1, 0.15) is 50.0 Å². The number of hydrogen-bond donors (Lipinski definition) is 1. The Kier molecular flexibility index (Phi) is 6.96. The van der Waals surface area contributed by atoms with E-state index in [0.29, 0.717) is 0 Å². The van der Waals surface area contributed by atoms with E-state index in [9.17, 15) is 19.7 Å². The second kappa shape index (κ2) is 9.84. The van der Waals surface area contributed by atoms with Gasteiger partial charge in [-0.3, -0.25) is 19.7 Å². The zero-order valence-electron chi connectivity index (χ0n) is 17.2. The summed E-state index contributed by atoms with van der Waals surface area (Å²) in [6.07, 6.45) is -0.757. The Bertz CT molecular complexity index is 990. The van der Waals surface area contributed by atoms with Gasteiger partial charge in [-0.25, -0.2) is 0 Å². The number of carbonyl (C=O) groups excluding carboxylic acids is 2. The summed E-state index contributed by atoms with van der Waals surface area (Å²) >= 11 is 0. The van der Waals surface area contributed by atoms with Crippen LogP contribution in [0.3, 0.4) is 0 Å². The molecule has 2 unspecified atom stereocenters. The molecule has 0 saturated carbocycles. The van der Waals surface area contributed by atoms with Crippen LogP contribution in [-0.4, -0.2) is 28.6 Å². The van der Waals surface area contributed by atoms with Crippen LogP contribution in [0.4, 0.5) is 5.69 Å². The first-order chi connectivity index (χ1) is 14.8. The molecule has 1 heterocycles. The molecule has 9 nitrogen and oxygen atoms in total. The van der Waals surface area contributed by atoms with Crippen LogP contribution < -0.4 is 5.32 Å². The van der Waals surface area contributed by atoms with Crippen molar-refractivity contribution >= 4 is 23.3 Å². The van der Waals surface area contributed by atoms with Crippen molar-refractivity contribution in [3.8, 4) is 0 Å². The summed E-state index contributed by atoms with van der Waals surface area (Å²) in [6.45, 7) is 3.40. The maximum Gasteiger partial charge on any atom is 0.308 e. The standard InChI is InChI=1S/C22H23N3O6/c1-14(2)30-21(26)13-17(16-10-6-7-11-19(16)25(28)29)23-22(27)18-12-20(31-24-18)15-8-4-3-5-9-15/h3-11,14,17,20H,12-13H2,1-2H3,(H,23,27). The molecule has 2 aromatic rings. The highest BCUT2D eigenvalue weighted by Gasteiger charge is 2.31. The molecule has 9 heteroatoms. The molecule has 0 radical (unpaired) electrons. The molecule has 162 valence electrons. The van der Waals surface area contributed by atoms with Crippen molar-refractivity contribution in [3.63, 3.8) is 0 Å². The van der Waals surface area contributed by atoms with E-state index in [0.717, 1.165) is 5.56 Å². The van der Waals surface area contributed by atoms with E-state index in [1.807, 2.05) is 30.3 Å². The number of esters is 1. The third kappa shape index (κ3) is 5.65. The molecule has 1 aliphatic rings. The first-order valence-corrected chi connectivity index (χ1v) is 9.86. The minimum Gasteiger partial charge on any atom is -0.463 e. The van der Waals surface area contributed by atoms with Gasteiger partial charge < -0.3 is 14.9 Å². The van der Waals surface area contributed by atoms with Gasteiger partial charge in [0.2, 0.25) is 0 Å². The minimum absolute atomic E-state index is 0.148. The van der Waals surface area contributed by atoms with Crippen LogP contribution in [-0.2, 0) is 19.2 Å². The number of oxime groups is 1. The molecular weight excluding hydrogens is 402 g/mol. The number of nitrogens with zero attached hydrogens (tertiary/aromatic N) is 2. The molecule has 1 aliphatic heterocycles. The van der Waals surface area contributed by atoms with Gasteiger partial charge in [-0.15, -0.1) is 0 Å². The molecule has 0 aromatic heterocycles. The predicted molar refractivity (Wildman–Crippen MR) is 112 cm³/mol. The number of ether oxygens (including phenoxy) is 1. The van der Waals surface area contributed by atoms with Crippen LogP contribution in [0.5, 0.6) is 0 Å². The van der Waals surface area contributed by atoms with Crippen molar-refractivity contribution in [2.24, 2.45) is 5.16 Å². The summed E-state index contributed by atoms with van der Waals surface area (Å²) in [5.74, 6) is -1.14. The third-order valence-corrected chi connectivity index (χ3v) is 4.65. The topological polar surface area (TPSA) is 120 Å². The zero-order valence-corrected chi connectivity index (χ0v) is 17.2. The van der Waals surface area contributed by atoms with E-state index in [1.54, 1.807) is 19.9 Å². The van der Waals surface area contributed by atoms with Crippen molar-refractivity contribution in [1.82, 2.24) is 5.32 Å². The summed E-state index contributed by atoms with van der Waals surface area (Å²) in [6, 6.07) is 14.3. The van der Waals surface area contributed by atoms with Gasteiger partial charge in [0, 0.05) is 12.5 Å². The van der Waals surface area contributed by atoms with Gasteiger partial charge >= 0.3 is 5.97 Å². The number of rotatable bonds is 8. The highest BCUT2D eigenvalue weighted by Crippen LogP contribution is 2.30. The highest BCUT2D eigenvalue weighted by atomic mass is 16.6. The Labute approximate surface area is 179 Å². The fraction of sp³-hybridized carbons (Fsp3) is 0.318. The smallest absolute Gasteiger partial charge is 0.308 e. The van der Waals surface area contributed by atoms with Gasteiger partial charge in [0.15, 0.2) is 6.10 Å². The number of nitrogens with one attached hydrogen (secondary N) is 1. The first-order valence-electron chi connectivity index (χ1n) is 9.86. The summed E-state index contributed by atoms with van der Waals surface area (Å²) in [4.78, 5) is 41.4. The Morgan fingerprint density at radius 1 is 1.19 bits per heavy atom. The second-order valence-corrected chi connectivity index (χ2v) is 7.33. The Balaban J connectivity index is 1.78. The van der Waals surface area contributed by atoms with E-state index in [-0.39, 0.29) is 35.9 Å². The Morgan fingerprint density at radius 2 is 1.87 bits per heavy atom. The van der Waals surface area contributed by atoms with E-state index < -0.39 is 28.9 Å². The van der Waals surface area contributed by atoms with Gasteiger partial charge in [0.05, 0.1) is 29.1 Å². The van der Waals surface area contributed by atoms with E-state index in [4.69, 9.17) is 9.57 Å². The molecule has 1 amide bonds. The monoisotopic (exact) mass is 425 g/mol. The molecule has 3 rings (SSSR count). The molecule has 2 aromatic carbocycles. The SMILES string of the molecule is CC(C)OC(=O)CC(NC(=O)C1=NOC(c2ccccc2)C1)c1ccccc1[N+](=O)[O-]. The average molecular weight is 425 g/mol. The number of para-hydroxylation sites is 1.